The van der Waals surface area contributed by atoms with Gasteiger partial charge in [-0.2, -0.15) is 0 Å². The van der Waals surface area contributed by atoms with Gasteiger partial charge in [0.1, 0.15) is 12.1 Å². The number of nitrogens with zero attached hydrogens (tertiary/aromatic N) is 1. The van der Waals surface area contributed by atoms with E-state index in [1.54, 1.807) is 45.0 Å². The van der Waals surface area contributed by atoms with Crippen molar-refractivity contribution < 1.29 is 19.1 Å². The lowest BCUT2D eigenvalue weighted by Crippen LogP contribution is -2.39. The molecule has 31 heavy (non-hydrogen) atoms. The number of benzene rings is 2. The van der Waals surface area contributed by atoms with Crippen molar-refractivity contribution in [3.05, 3.63) is 59.7 Å². The van der Waals surface area contributed by atoms with Crippen LogP contribution in [-0.4, -0.2) is 44.1 Å². The molecule has 166 valence electrons. The van der Waals surface area contributed by atoms with E-state index in [9.17, 15) is 14.4 Å². The zero-order valence-electron chi connectivity index (χ0n) is 18.6. The number of anilines is 2. The fourth-order valence-electron chi connectivity index (χ4n) is 2.55. The van der Waals surface area contributed by atoms with Gasteiger partial charge in [0.2, 0.25) is 5.91 Å². The van der Waals surface area contributed by atoms with Crippen LogP contribution in [0.5, 0.6) is 0 Å². The Morgan fingerprint density at radius 3 is 2.06 bits per heavy atom. The summed E-state index contributed by atoms with van der Waals surface area (Å²) in [4.78, 5) is 37.8. The maximum Gasteiger partial charge on any atom is 0.408 e. The van der Waals surface area contributed by atoms with Crippen LogP contribution in [-0.2, 0) is 16.1 Å². The lowest BCUT2D eigenvalue weighted by molar-refractivity contribution is -0.120. The van der Waals surface area contributed by atoms with Crippen molar-refractivity contribution in [1.82, 2.24) is 10.6 Å². The quantitative estimate of drug-likeness (QED) is 0.632. The molecule has 2 rings (SSSR count). The highest BCUT2D eigenvalue weighted by Gasteiger charge is 2.16. The number of nitrogens with one attached hydrogen (secondary N) is 3. The summed E-state index contributed by atoms with van der Waals surface area (Å²) in [5.74, 6) is -0.524. The molecule has 0 aliphatic rings. The third-order valence-corrected chi connectivity index (χ3v) is 4.14. The molecule has 3 N–H and O–H groups in total. The largest absolute Gasteiger partial charge is 0.444 e. The van der Waals surface area contributed by atoms with Crippen molar-refractivity contribution in [3.63, 3.8) is 0 Å². The Morgan fingerprint density at radius 1 is 0.903 bits per heavy atom. The molecule has 2 aromatic rings. The predicted molar refractivity (Wildman–Crippen MR) is 121 cm³/mol. The molecule has 0 radical (unpaired) electrons. The maximum atomic E-state index is 12.4. The molecule has 0 spiro atoms. The number of carbonyl (C=O) groups excluding carboxylic acids is 3. The van der Waals surface area contributed by atoms with E-state index in [0.717, 1.165) is 11.3 Å². The minimum atomic E-state index is -0.640. The topological polar surface area (TPSA) is 99.8 Å². The molecule has 8 heteroatoms. The van der Waals surface area contributed by atoms with Gasteiger partial charge in [-0.1, -0.05) is 12.1 Å². The molecule has 0 atom stereocenters. The summed E-state index contributed by atoms with van der Waals surface area (Å²) in [7, 11) is 3.88. The smallest absolute Gasteiger partial charge is 0.408 e. The van der Waals surface area contributed by atoms with Crippen molar-refractivity contribution in [2.24, 2.45) is 0 Å². The molecule has 0 saturated carbocycles. The van der Waals surface area contributed by atoms with E-state index in [1.807, 2.05) is 43.3 Å². The SMILES string of the molecule is CN(C)c1ccc(C(=O)Nc2ccc(CNC(=O)CNC(=O)OC(C)(C)C)cc2)cc1. The molecule has 0 heterocycles. The van der Waals surface area contributed by atoms with Crippen LogP contribution in [0.2, 0.25) is 0 Å². The van der Waals surface area contributed by atoms with Crippen LogP contribution in [0, 0.1) is 0 Å². The average molecular weight is 427 g/mol. The highest BCUT2D eigenvalue weighted by molar-refractivity contribution is 6.04. The van der Waals surface area contributed by atoms with Crippen LogP contribution in [0.25, 0.3) is 0 Å². The second-order valence-corrected chi connectivity index (χ2v) is 8.22. The second-order valence-electron chi connectivity index (χ2n) is 8.22. The summed E-state index contributed by atoms with van der Waals surface area (Å²) in [6, 6.07) is 14.5. The van der Waals surface area contributed by atoms with Gasteiger partial charge in [-0.05, 0) is 62.7 Å². The van der Waals surface area contributed by atoms with E-state index in [-0.39, 0.29) is 18.4 Å². The molecule has 0 aliphatic heterocycles. The fraction of sp³-hybridized carbons (Fsp3) is 0.348. The number of hydrogen-bond donors (Lipinski definition) is 3. The van der Waals surface area contributed by atoms with Crippen molar-refractivity contribution >= 4 is 29.3 Å². The molecule has 0 unspecified atom stereocenters. The molecule has 3 amide bonds. The zero-order chi connectivity index (χ0) is 23.0. The Bertz CT molecular complexity index is 901. The summed E-state index contributed by atoms with van der Waals surface area (Å²) in [6.45, 7) is 5.38. The number of amides is 3. The van der Waals surface area contributed by atoms with Gasteiger partial charge >= 0.3 is 6.09 Å². The normalized spacial score (nSPS) is 10.7. The first-order valence-electron chi connectivity index (χ1n) is 9.95. The Morgan fingerprint density at radius 2 is 1.52 bits per heavy atom. The van der Waals surface area contributed by atoms with E-state index in [4.69, 9.17) is 4.74 Å². The van der Waals surface area contributed by atoms with E-state index >= 15 is 0 Å². The number of ether oxygens (including phenoxy) is 1. The van der Waals surface area contributed by atoms with Crippen LogP contribution in [0.15, 0.2) is 48.5 Å². The second kappa shape index (κ2) is 10.5. The molecular formula is C23H30N4O4. The van der Waals surface area contributed by atoms with Gasteiger partial charge in [-0.15, -0.1) is 0 Å². The van der Waals surface area contributed by atoms with E-state index in [0.29, 0.717) is 17.8 Å². The first-order valence-corrected chi connectivity index (χ1v) is 9.95. The van der Waals surface area contributed by atoms with Crippen LogP contribution in [0.4, 0.5) is 16.2 Å². The Labute approximate surface area is 183 Å². The highest BCUT2D eigenvalue weighted by atomic mass is 16.6. The molecule has 0 aliphatic carbocycles. The van der Waals surface area contributed by atoms with Crippen LogP contribution in [0.3, 0.4) is 0 Å². The number of rotatable bonds is 7. The lowest BCUT2D eigenvalue weighted by atomic mass is 10.1. The van der Waals surface area contributed by atoms with Gasteiger partial charge < -0.3 is 25.6 Å². The minimum absolute atomic E-state index is 0.171. The van der Waals surface area contributed by atoms with Gasteiger partial charge in [-0.3, -0.25) is 9.59 Å². The number of hydrogen-bond acceptors (Lipinski definition) is 5. The zero-order valence-corrected chi connectivity index (χ0v) is 18.6. The Balaban J connectivity index is 1.79. The molecule has 2 aromatic carbocycles. The molecule has 0 fully saturated rings. The summed E-state index contributed by atoms with van der Waals surface area (Å²) in [5.41, 5.74) is 2.49. The third kappa shape index (κ3) is 8.38. The third-order valence-electron chi connectivity index (χ3n) is 4.14. The van der Waals surface area contributed by atoms with Crippen molar-refractivity contribution in [2.45, 2.75) is 32.9 Å². The van der Waals surface area contributed by atoms with Gasteiger partial charge in [0.25, 0.3) is 5.91 Å². The number of alkyl carbamates (subject to hydrolysis) is 1. The lowest BCUT2D eigenvalue weighted by Gasteiger charge is -2.19. The maximum absolute atomic E-state index is 12.4. The van der Waals surface area contributed by atoms with Crippen molar-refractivity contribution in [1.29, 1.82) is 0 Å². The molecule has 0 aromatic heterocycles. The van der Waals surface area contributed by atoms with Crippen LogP contribution < -0.4 is 20.9 Å². The summed E-state index contributed by atoms with van der Waals surface area (Å²) >= 11 is 0. The van der Waals surface area contributed by atoms with Gasteiger partial charge in [-0.25, -0.2) is 4.79 Å². The van der Waals surface area contributed by atoms with Crippen LogP contribution in [0.1, 0.15) is 36.7 Å². The predicted octanol–water partition coefficient (Wildman–Crippen LogP) is 3.15. The minimum Gasteiger partial charge on any atom is -0.444 e. The molecule has 0 saturated heterocycles. The van der Waals surface area contributed by atoms with Crippen LogP contribution >= 0.6 is 0 Å². The standard InChI is InChI=1S/C23H30N4O4/c1-23(2,3)31-22(30)25-15-20(28)24-14-16-6-10-18(11-7-16)26-21(29)17-8-12-19(13-9-17)27(4)5/h6-13H,14-15H2,1-5H3,(H,24,28)(H,25,30)(H,26,29). The Hall–Kier alpha value is -3.55. The summed E-state index contributed by atoms with van der Waals surface area (Å²) < 4.78 is 5.08. The first-order chi connectivity index (χ1) is 14.5. The molecular weight excluding hydrogens is 396 g/mol. The van der Waals surface area contributed by atoms with E-state index in [1.165, 1.54) is 0 Å². The van der Waals surface area contributed by atoms with Gasteiger partial charge in [0, 0.05) is 37.6 Å². The van der Waals surface area contributed by atoms with Gasteiger partial charge in [0.05, 0.1) is 0 Å². The average Bonchev–Trinajstić information content (AvgIpc) is 2.70. The van der Waals surface area contributed by atoms with E-state index in [2.05, 4.69) is 16.0 Å². The highest BCUT2D eigenvalue weighted by Crippen LogP contribution is 2.15. The van der Waals surface area contributed by atoms with Crippen molar-refractivity contribution in [3.8, 4) is 0 Å². The Kier molecular flexibility index (Phi) is 8.01. The van der Waals surface area contributed by atoms with Crippen molar-refractivity contribution in [2.75, 3.05) is 30.9 Å². The van der Waals surface area contributed by atoms with E-state index < -0.39 is 11.7 Å². The van der Waals surface area contributed by atoms with Gasteiger partial charge in [0.15, 0.2) is 0 Å². The molecule has 8 nitrogen and oxygen atoms in total. The summed E-state index contributed by atoms with van der Waals surface area (Å²) in [6.07, 6.45) is -0.640. The summed E-state index contributed by atoms with van der Waals surface area (Å²) in [5, 5.41) is 7.97. The number of carbonyl (C=O) groups is 3. The monoisotopic (exact) mass is 426 g/mol. The first kappa shape index (κ1) is 23.7. The fourth-order valence-corrected chi connectivity index (χ4v) is 2.55. The molecule has 0 bridgehead atoms.